The van der Waals surface area contributed by atoms with Crippen LogP contribution < -0.4 is 11.1 Å². The highest BCUT2D eigenvalue weighted by Gasteiger charge is 2.32. The number of rotatable bonds is 3. The van der Waals surface area contributed by atoms with E-state index in [4.69, 9.17) is 5.73 Å². The second-order valence-corrected chi connectivity index (χ2v) is 7.13. The average molecular weight is 387 g/mol. The number of carbonyl (C=O) groups is 2. The number of nitrogens with two attached hydrogens (primary N) is 1. The van der Waals surface area contributed by atoms with E-state index in [2.05, 4.69) is 15.3 Å². The molecule has 28 heavy (non-hydrogen) atoms. The van der Waals surface area contributed by atoms with Gasteiger partial charge in [-0.1, -0.05) is 0 Å². The fourth-order valence-corrected chi connectivity index (χ4v) is 3.89. The van der Waals surface area contributed by atoms with Gasteiger partial charge in [-0.15, -0.1) is 0 Å². The van der Waals surface area contributed by atoms with Gasteiger partial charge in [0.1, 0.15) is 12.2 Å². The molecular formula is C19H19F2N5O2. The van der Waals surface area contributed by atoms with Crippen LogP contribution in [0.25, 0.3) is 0 Å². The van der Waals surface area contributed by atoms with Crippen LogP contribution in [0.1, 0.15) is 35.6 Å². The number of carbonyl (C=O) groups excluding carboxylic acids is 2. The first kappa shape index (κ1) is 18.4. The standard InChI is InChI=1S/C19H19F2N5O2/c20-13-5-10-1-2-11(12(10)6-14(13)21)15(22)7-18(28)26-8-16-19(24-4-3-23-16)25-17(27)9-26/h3-6,11,15H,1-2,7-9,22H2,(H,24,25,27)/t11-,15-/m0/s1. The maximum absolute atomic E-state index is 13.6. The van der Waals surface area contributed by atoms with Gasteiger partial charge in [-0.25, -0.2) is 13.8 Å². The van der Waals surface area contributed by atoms with Gasteiger partial charge < -0.3 is 16.0 Å². The summed E-state index contributed by atoms with van der Waals surface area (Å²) in [5, 5.41) is 2.63. The lowest BCUT2D eigenvalue weighted by atomic mass is 9.91. The molecule has 146 valence electrons. The second kappa shape index (κ2) is 7.23. The van der Waals surface area contributed by atoms with Crippen LogP contribution >= 0.6 is 0 Å². The maximum Gasteiger partial charge on any atom is 0.245 e. The quantitative estimate of drug-likeness (QED) is 0.831. The van der Waals surface area contributed by atoms with Gasteiger partial charge in [0, 0.05) is 30.8 Å². The molecule has 4 rings (SSSR count). The Morgan fingerprint density at radius 1 is 1.25 bits per heavy atom. The van der Waals surface area contributed by atoms with E-state index in [0.29, 0.717) is 29.9 Å². The molecule has 3 N–H and O–H groups in total. The highest BCUT2D eigenvalue weighted by atomic mass is 19.2. The van der Waals surface area contributed by atoms with Gasteiger partial charge in [0.05, 0.1) is 6.54 Å². The zero-order valence-corrected chi connectivity index (χ0v) is 15.0. The van der Waals surface area contributed by atoms with E-state index in [1.54, 1.807) is 0 Å². The number of nitrogens with zero attached hydrogens (tertiary/aromatic N) is 3. The Bertz CT molecular complexity index is 952. The molecule has 9 heteroatoms. The van der Waals surface area contributed by atoms with E-state index in [-0.39, 0.29) is 37.2 Å². The number of halogens is 2. The van der Waals surface area contributed by atoms with Crippen molar-refractivity contribution in [3.8, 4) is 0 Å². The normalized spacial score (nSPS) is 19.5. The molecule has 2 aromatic rings. The molecule has 1 aliphatic carbocycles. The van der Waals surface area contributed by atoms with Crippen LogP contribution in [0.5, 0.6) is 0 Å². The Morgan fingerprint density at radius 3 is 2.82 bits per heavy atom. The third-order valence-electron chi connectivity index (χ3n) is 5.29. The molecule has 1 aromatic heterocycles. The molecule has 2 aliphatic rings. The van der Waals surface area contributed by atoms with E-state index < -0.39 is 17.7 Å². The van der Waals surface area contributed by atoms with Crippen molar-refractivity contribution < 1.29 is 18.4 Å². The van der Waals surface area contributed by atoms with E-state index in [1.165, 1.54) is 29.4 Å². The van der Waals surface area contributed by atoms with E-state index in [9.17, 15) is 18.4 Å². The summed E-state index contributed by atoms with van der Waals surface area (Å²) < 4.78 is 27.1. The molecule has 0 radical (unpaired) electrons. The Balaban J connectivity index is 1.49. The number of nitrogens with one attached hydrogen (secondary N) is 1. The predicted octanol–water partition coefficient (Wildman–Crippen LogP) is 1.48. The van der Waals surface area contributed by atoms with E-state index in [1.807, 2.05) is 0 Å². The SMILES string of the molecule is N[C@@H](CC(=O)N1CC(=O)Nc2nccnc2C1)[C@H]1CCc2cc(F)c(F)cc21. The van der Waals surface area contributed by atoms with Crippen LogP contribution in [0.3, 0.4) is 0 Å². The third-order valence-corrected chi connectivity index (χ3v) is 5.29. The molecule has 0 fully saturated rings. The monoisotopic (exact) mass is 387 g/mol. The van der Waals surface area contributed by atoms with Gasteiger partial charge in [-0.05, 0) is 36.1 Å². The molecule has 7 nitrogen and oxygen atoms in total. The van der Waals surface area contributed by atoms with Crippen molar-refractivity contribution in [1.29, 1.82) is 0 Å². The maximum atomic E-state index is 13.6. The van der Waals surface area contributed by atoms with Gasteiger partial charge in [0.2, 0.25) is 11.8 Å². The molecule has 0 unspecified atom stereocenters. The Hall–Kier alpha value is -2.94. The van der Waals surface area contributed by atoms with Crippen molar-refractivity contribution in [2.24, 2.45) is 5.73 Å². The number of hydrogen-bond donors (Lipinski definition) is 2. The highest BCUT2D eigenvalue weighted by molar-refractivity contribution is 5.95. The van der Waals surface area contributed by atoms with Crippen molar-refractivity contribution in [2.75, 3.05) is 11.9 Å². The Labute approximate surface area is 160 Å². The first-order valence-electron chi connectivity index (χ1n) is 9.03. The zero-order chi connectivity index (χ0) is 19.8. The van der Waals surface area contributed by atoms with Gasteiger partial charge in [-0.3, -0.25) is 14.6 Å². The van der Waals surface area contributed by atoms with Crippen LogP contribution in [-0.4, -0.2) is 39.3 Å². The summed E-state index contributed by atoms with van der Waals surface area (Å²) in [6, 6.07) is 1.82. The molecule has 0 spiro atoms. The number of hydrogen-bond acceptors (Lipinski definition) is 5. The Kier molecular flexibility index (Phi) is 4.76. The van der Waals surface area contributed by atoms with E-state index in [0.717, 1.165) is 5.56 Å². The van der Waals surface area contributed by atoms with Gasteiger partial charge in [-0.2, -0.15) is 0 Å². The average Bonchev–Trinajstić information content (AvgIpc) is 2.96. The number of fused-ring (bicyclic) bond motifs is 2. The topological polar surface area (TPSA) is 101 Å². The number of aryl methyl sites for hydroxylation is 1. The lowest BCUT2D eigenvalue weighted by Crippen LogP contribution is -2.40. The number of amides is 2. The molecule has 1 aromatic carbocycles. The van der Waals surface area contributed by atoms with Crippen LogP contribution in [0.4, 0.5) is 14.6 Å². The molecular weight excluding hydrogens is 368 g/mol. The van der Waals surface area contributed by atoms with Crippen LogP contribution in [0, 0.1) is 11.6 Å². The summed E-state index contributed by atoms with van der Waals surface area (Å²) in [6.45, 7) is 0.0270. The fourth-order valence-electron chi connectivity index (χ4n) is 3.89. The minimum Gasteiger partial charge on any atom is -0.327 e. The fraction of sp³-hybridized carbons (Fsp3) is 0.368. The molecule has 2 atom stereocenters. The van der Waals surface area contributed by atoms with Crippen LogP contribution in [0.2, 0.25) is 0 Å². The van der Waals surface area contributed by atoms with Crippen molar-refractivity contribution in [1.82, 2.24) is 14.9 Å². The van der Waals surface area contributed by atoms with Crippen molar-refractivity contribution in [3.05, 3.63) is 53.0 Å². The lowest BCUT2D eigenvalue weighted by molar-refractivity contribution is -0.135. The van der Waals surface area contributed by atoms with Crippen LogP contribution in [0.15, 0.2) is 24.5 Å². The predicted molar refractivity (Wildman–Crippen MR) is 96.1 cm³/mol. The van der Waals surface area contributed by atoms with Crippen LogP contribution in [-0.2, 0) is 22.6 Å². The number of aromatic nitrogens is 2. The van der Waals surface area contributed by atoms with Crippen molar-refractivity contribution in [2.45, 2.75) is 37.8 Å². The van der Waals surface area contributed by atoms with Crippen molar-refractivity contribution >= 4 is 17.6 Å². The first-order chi connectivity index (χ1) is 13.4. The van der Waals surface area contributed by atoms with Gasteiger partial charge in [0.15, 0.2) is 17.5 Å². The number of benzene rings is 1. The summed E-state index contributed by atoms with van der Waals surface area (Å²) >= 11 is 0. The lowest BCUT2D eigenvalue weighted by Gasteiger charge is -2.24. The summed E-state index contributed by atoms with van der Waals surface area (Å²) in [6.07, 6.45) is 4.17. The smallest absolute Gasteiger partial charge is 0.245 e. The molecule has 1 aliphatic heterocycles. The largest absolute Gasteiger partial charge is 0.327 e. The minimum absolute atomic E-state index is 0.00796. The summed E-state index contributed by atoms with van der Waals surface area (Å²) in [4.78, 5) is 34.5. The van der Waals surface area contributed by atoms with E-state index >= 15 is 0 Å². The second-order valence-electron chi connectivity index (χ2n) is 7.13. The highest BCUT2D eigenvalue weighted by Crippen LogP contribution is 2.37. The van der Waals surface area contributed by atoms with Gasteiger partial charge >= 0.3 is 0 Å². The summed E-state index contributed by atoms with van der Waals surface area (Å²) in [5.74, 6) is -2.33. The molecule has 2 heterocycles. The Morgan fingerprint density at radius 2 is 2.00 bits per heavy atom. The van der Waals surface area contributed by atoms with Crippen molar-refractivity contribution in [3.63, 3.8) is 0 Å². The third kappa shape index (κ3) is 3.45. The minimum atomic E-state index is -0.913. The number of anilines is 1. The molecule has 2 amide bonds. The summed E-state index contributed by atoms with van der Waals surface area (Å²) in [5.41, 5.74) is 8.15. The van der Waals surface area contributed by atoms with Gasteiger partial charge in [0.25, 0.3) is 0 Å². The zero-order valence-electron chi connectivity index (χ0n) is 15.0. The summed E-state index contributed by atoms with van der Waals surface area (Å²) in [7, 11) is 0. The molecule has 0 bridgehead atoms. The first-order valence-corrected chi connectivity index (χ1v) is 9.03. The molecule has 0 saturated carbocycles. The molecule has 0 saturated heterocycles.